The van der Waals surface area contributed by atoms with Gasteiger partial charge in [-0.1, -0.05) is 48.8 Å². The van der Waals surface area contributed by atoms with Crippen molar-refractivity contribution in [3.05, 3.63) is 46.1 Å². The Morgan fingerprint density at radius 3 is 2.67 bits per heavy atom. The van der Waals surface area contributed by atoms with Crippen LogP contribution in [0.2, 0.25) is 5.02 Å². The second kappa shape index (κ2) is 8.79. The van der Waals surface area contributed by atoms with Crippen LogP contribution in [0.15, 0.2) is 34.4 Å². The average Bonchev–Trinajstić information content (AvgIpc) is 2.90. The second-order valence-corrected chi connectivity index (χ2v) is 7.24. The molecule has 0 unspecified atom stereocenters. The van der Waals surface area contributed by atoms with Crippen LogP contribution >= 0.6 is 23.4 Å². The molecule has 0 saturated carbocycles. The SMILES string of the molecule is CC(C)C(=O)O/N=C/c1c(C(F)(F)F)nn(C)c1SCc1ccccc1Cl. The summed E-state index contributed by atoms with van der Waals surface area (Å²) in [4.78, 5) is 16.1. The summed E-state index contributed by atoms with van der Waals surface area (Å²) in [5.41, 5.74) is -0.595. The van der Waals surface area contributed by atoms with E-state index in [1.54, 1.807) is 38.1 Å². The van der Waals surface area contributed by atoms with E-state index in [9.17, 15) is 18.0 Å². The number of nitrogens with zero attached hydrogens (tertiary/aromatic N) is 3. The molecule has 0 saturated heterocycles. The lowest BCUT2D eigenvalue weighted by Crippen LogP contribution is -2.10. The van der Waals surface area contributed by atoms with Gasteiger partial charge in [0.1, 0.15) is 5.03 Å². The molecular weight excluding hydrogens is 403 g/mol. The molecule has 10 heteroatoms. The van der Waals surface area contributed by atoms with E-state index in [0.29, 0.717) is 10.8 Å². The van der Waals surface area contributed by atoms with Gasteiger partial charge in [-0.25, -0.2) is 4.79 Å². The highest BCUT2D eigenvalue weighted by Gasteiger charge is 2.38. The average molecular weight is 420 g/mol. The van der Waals surface area contributed by atoms with Gasteiger partial charge in [0.25, 0.3) is 0 Å². The summed E-state index contributed by atoms with van der Waals surface area (Å²) in [5, 5.41) is 7.72. The van der Waals surface area contributed by atoms with E-state index >= 15 is 0 Å². The fourth-order valence-electron chi connectivity index (χ4n) is 2.02. The maximum Gasteiger partial charge on any atom is 0.435 e. The molecule has 1 aromatic carbocycles. The van der Waals surface area contributed by atoms with Gasteiger partial charge in [0.15, 0.2) is 5.69 Å². The number of thioether (sulfide) groups is 1. The number of benzene rings is 1. The highest BCUT2D eigenvalue weighted by atomic mass is 35.5. The minimum atomic E-state index is -4.68. The number of carbonyl (C=O) groups is 1. The zero-order chi connectivity index (χ0) is 20.2. The summed E-state index contributed by atoms with van der Waals surface area (Å²) in [6, 6.07) is 7.05. The lowest BCUT2D eigenvalue weighted by molar-refractivity contribution is -0.147. The van der Waals surface area contributed by atoms with Crippen molar-refractivity contribution in [1.29, 1.82) is 0 Å². The van der Waals surface area contributed by atoms with Crippen LogP contribution in [0.1, 0.15) is 30.7 Å². The molecular formula is C17H17ClF3N3O2S. The van der Waals surface area contributed by atoms with Gasteiger partial charge in [-0.2, -0.15) is 18.3 Å². The number of rotatable bonds is 6. The van der Waals surface area contributed by atoms with Crippen molar-refractivity contribution < 1.29 is 22.8 Å². The van der Waals surface area contributed by atoms with Crippen molar-refractivity contribution in [1.82, 2.24) is 9.78 Å². The van der Waals surface area contributed by atoms with E-state index < -0.39 is 23.8 Å². The van der Waals surface area contributed by atoms with E-state index in [2.05, 4.69) is 15.1 Å². The Morgan fingerprint density at radius 1 is 1.41 bits per heavy atom. The van der Waals surface area contributed by atoms with Gasteiger partial charge in [-0.3, -0.25) is 4.68 Å². The van der Waals surface area contributed by atoms with Crippen molar-refractivity contribution in [2.75, 3.05) is 0 Å². The quantitative estimate of drug-likeness (QED) is 0.289. The van der Waals surface area contributed by atoms with Gasteiger partial charge < -0.3 is 4.84 Å². The fourth-order valence-corrected chi connectivity index (χ4v) is 3.38. The molecule has 27 heavy (non-hydrogen) atoms. The van der Waals surface area contributed by atoms with Crippen LogP contribution in [0.25, 0.3) is 0 Å². The van der Waals surface area contributed by atoms with Crippen LogP contribution in [0, 0.1) is 5.92 Å². The Balaban J connectivity index is 2.32. The number of hydrogen-bond acceptors (Lipinski definition) is 5. The van der Waals surface area contributed by atoms with Crippen LogP contribution in [0.3, 0.4) is 0 Å². The monoisotopic (exact) mass is 419 g/mol. The predicted octanol–water partition coefficient (Wildman–Crippen LogP) is 4.92. The molecule has 0 aliphatic heterocycles. The first-order valence-electron chi connectivity index (χ1n) is 7.86. The third kappa shape index (κ3) is 5.49. The Kier molecular flexibility index (Phi) is 6.94. The lowest BCUT2D eigenvalue weighted by Gasteiger charge is -2.06. The molecule has 2 aromatic rings. The molecule has 0 spiro atoms. The second-order valence-electron chi connectivity index (χ2n) is 5.87. The maximum atomic E-state index is 13.3. The summed E-state index contributed by atoms with van der Waals surface area (Å²) in [6.07, 6.45) is -3.81. The van der Waals surface area contributed by atoms with Gasteiger partial charge in [0.05, 0.1) is 17.7 Å². The van der Waals surface area contributed by atoms with E-state index in [1.807, 2.05) is 0 Å². The van der Waals surface area contributed by atoms with Crippen LogP contribution < -0.4 is 0 Å². The minimum absolute atomic E-state index is 0.228. The molecule has 0 bridgehead atoms. The molecule has 1 aromatic heterocycles. The molecule has 0 amide bonds. The third-order valence-corrected chi connectivity index (χ3v) is 5.00. The molecule has 146 valence electrons. The smallest absolute Gasteiger partial charge is 0.318 e. The molecule has 0 aliphatic rings. The first kappa shape index (κ1) is 21.3. The maximum absolute atomic E-state index is 13.3. The number of carbonyl (C=O) groups excluding carboxylic acids is 1. The molecule has 1 heterocycles. The summed E-state index contributed by atoms with van der Waals surface area (Å²) in [6.45, 7) is 3.18. The highest BCUT2D eigenvalue weighted by molar-refractivity contribution is 7.98. The Labute approximate surface area is 163 Å². The summed E-state index contributed by atoms with van der Waals surface area (Å²) >= 11 is 7.22. The number of hydrogen-bond donors (Lipinski definition) is 0. The van der Waals surface area contributed by atoms with Crippen LogP contribution in [-0.4, -0.2) is 22.0 Å². The van der Waals surface area contributed by atoms with E-state index in [0.717, 1.165) is 28.2 Å². The summed E-state index contributed by atoms with van der Waals surface area (Å²) < 4.78 is 41.0. The van der Waals surface area contributed by atoms with Crippen molar-refractivity contribution in [2.45, 2.75) is 30.8 Å². The zero-order valence-electron chi connectivity index (χ0n) is 14.7. The molecule has 0 radical (unpaired) electrons. The summed E-state index contributed by atoms with van der Waals surface area (Å²) in [7, 11) is 1.40. The molecule has 0 atom stereocenters. The van der Waals surface area contributed by atoms with E-state index in [4.69, 9.17) is 11.6 Å². The van der Waals surface area contributed by atoms with Crippen LogP contribution in [0.5, 0.6) is 0 Å². The molecule has 0 fully saturated rings. The Morgan fingerprint density at radius 2 is 2.07 bits per heavy atom. The number of alkyl halides is 3. The van der Waals surface area contributed by atoms with Gasteiger partial charge in [0.2, 0.25) is 0 Å². The van der Waals surface area contributed by atoms with Gasteiger partial charge in [-0.05, 0) is 11.6 Å². The lowest BCUT2D eigenvalue weighted by atomic mass is 10.2. The van der Waals surface area contributed by atoms with Crippen LogP contribution in [-0.2, 0) is 28.6 Å². The number of oxime groups is 1. The standard InChI is InChI=1S/C17H17ClF3N3O2S/c1-10(2)16(25)26-22-8-12-14(17(19,20)21)23-24(3)15(12)27-9-11-6-4-5-7-13(11)18/h4-8,10H,9H2,1-3H3/b22-8+. The van der Waals surface area contributed by atoms with E-state index in [1.165, 1.54) is 7.05 Å². The topological polar surface area (TPSA) is 56.5 Å². The van der Waals surface area contributed by atoms with Crippen molar-refractivity contribution in [3.8, 4) is 0 Å². The first-order valence-corrected chi connectivity index (χ1v) is 9.22. The normalized spacial score (nSPS) is 12.1. The number of aromatic nitrogens is 2. The van der Waals surface area contributed by atoms with Crippen molar-refractivity contribution in [3.63, 3.8) is 0 Å². The summed E-state index contributed by atoms with van der Waals surface area (Å²) in [5.74, 6) is -0.760. The van der Waals surface area contributed by atoms with Crippen molar-refractivity contribution >= 4 is 35.5 Å². The Bertz CT molecular complexity index is 850. The third-order valence-electron chi connectivity index (χ3n) is 3.42. The molecule has 5 nitrogen and oxygen atoms in total. The van der Waals surface area contributed by atoms with Crippen LogP contribution in [0.4, 0.5) is 13.2 Å². The largest absolute Gasteiger partial charge is 0.435 e. The fraction of sp³-hybridized carbons (Fsp3) is 0.353. The minimum Gasteiger partial charge on any atom is -0.318 e. The van der Waals surface area contributed by atoms with Gasteiger partial charge in [0, 0.05) is 17.8 Å². The predicted molar refractivity (Wildman–Crippen MR) is 97.7 cm³/mol. The highest BCUT2D eigenvalue weighted by Crippen LogP contribution is 2.36. The molecule has 0 aliphatic carbocycles. The number of aryl methyl sites for hydroxylation is 1. The molecule has 2 rings (SSSR count). The molecule has 0 N–H and O–H groups in total. The number of halogens is 4. The van der Waals surface area contributed by atoms with E-state index in [-0.39, 0.29) is 10.6 Å². The zero-order valence-corrected chi connectivity index (χ0v) is 16.3. The van der Waals surface area contributed by atoms with Gasteiger partial charge in [-0.15, -0.1) is 11.8 Å². The first-order chi connectivity index (χ1) is 12.6. The van der Waals surface area contributed by atoms with Crippen molar-refractivity contribution in [2.24, 2.45) is 18.1 Å². The van der Waals surface area contributed by atoms with Gasteiger partial charge >= 0.3 is 12.1 Å². The Hall–Kier alpha value is -2.00.